The molecule has 0 aliphatic carbocycles. The lowest BCUT2D eigenvalue weighted by Crippen LogP contribution is -2.02. The second-order valence-corrected chi connectivity index (χ2v) is 6.59. The average Bonchev–Trinajstić information content (AvgIpc) is 2.48. The lowest BCUT2D eigenvalue weighted by molar-refractivity contribution is 0.221. The number of aliphatic hydroxyl groups is 1. The van der Waals surface area contributed by atoms with Gasteiger partial charge < -0.3 is 5.11 Å². The molecule has 100 valence electrons. The number of pyridine rings is 1. The van der Waals surface area contributed by atoms with E-state index < -0.39 is 6.10 Å². The second kappa shape index (κ2) is 5.79. The van der Waals surface area contributed by atoms with Gasteiger partial charge in [0.05, 0.1) is 5.52 Å². The minimum atomic E-state index is -0.697. The van der Waals surface area contributed by atoms with E-state index in [0.717, 1.165) is 30.1 Å². The maximum atomic E-state index is 10.7. The molecule has 0 saturated heterocycles. The molecule has 0 aliphatic heterocycles. The van der Waals surface area contributed by atoms with Gasteiger partial charge in [0, 0.05) is 30.8 Å². The zero-order valence-electron chi connectivity index (χ0n) is 10.4. The summed E-state index contributed by atoms with van der Waals surface area (Å²) in [6, 6.07) is 15.7. The van der Waals surface area contributed by atoms with Gasteiger partial charge >= 0.3 is 0 Å². The highest BCUT2D eigenvalue weighted by molar-refractivity contribution is 14.1. The number of aromatic nitrogens is 1. The lowest BCUT2D eigenvalue weighted by Gasteiger charge is -2.15. The number of aliphatic hydroxyl groups excluding tert-OH is 1. The number of hydrogen-bond acceptors (Lipinski definition) is 2. The van der Waals surface area contributed by atoms with Gasteiger partial charge in [-0.05, 0) is 46.9 Å². The van der Waals surface area contributed by atoms with Gasteiger partial charge in [-0.3, -0.25) is 4.98 Å². The number of rotatable bonds is 2. The molecule has 2 nitrogen and oxygen atoms in total. The molecule has 0 fully saturated rings. The third-order valence-corrected chi connectivity index (χ3v) is 4.60. The molecule has 1 atom stereocenters. The van der Waals surface area contributed by atoms with Crippen molar-refractivity contribution in [2.24, 2.45) is 0 Å². The van der Waals surface area contributed by atoms with E-state index in [9.17, 15) is 5.11 Å². The first-order valence-corrected chi connectivity index (χ1v) is 8.00. The van der Waals surface area contributed by atoms with Crippen LogP contribution < -0.4 is 0 Å². The molecule has 0 spiro atoms. The summed E-state index contributed by atoms with van der Waals surface area (Å²) in [5, 5.41) is 11.8. The third-order valence-electron chi connectivity index (χ3n) is 3.21. The second-order valence-electron chi connectivity index (χ2n) is 4.49. The molecule has 0 amide bonds. The standard InChI is InChI=1S/C16H11BrINO/c17-14-7-6-11(18)9-13(14)16(20)12-5-1-3-10-4-2-8-19-15(10)12/h1-9,16,20H. The summed E-state index contributed by atoms with van der Waals surface area (Å²) >= 11 is 5.75. The average molecular weight is 440 g/mol. The van der Waals surface area contributed by atoms with E-state index in [1.807, 2.05) is 48.5 Å². The van der Waals surface area contributed by atoms with Crippen LogP contribution in [0.3, 0.4) is 0 Å². The SMILES string of the molecule is OC(c1cc(I)ccc1Br)c1cccc2cccnc12. The van der Waals surface area contributed by atoms with Gasteiger partial charge in [0.15, 0.2) is 0 Å². The molecule has 0 bridgehead atoms. The minimum absolute atomic E-state index is 0.697. The molecule has 1 N–H and O–H groups in total. The maximum Gasteiger partial charge on any atom is 0.107 e. The Bertz CT molecular complexity index is 770. The maximum absolute atomic E-state index is 10.7. The van der Waals surface area contributed by atoms with Crippen molar-refractivity contribution in [2.75, 3.05) is 0 Å². The predicted molar refractivity (Wildman–Crippen MR) is 92.7 cm³/mol. The van der Waals surface area contributed by atoms with Crippen LogP contribution in [0.2, 0.25) is 0 Å². The zero-order valence-corrected chi connectivity index (χ0v) is 14.2. The van der Waals surface area contributed by atoms with E-state index in [4.69, 9.17) is 0 Å². The van der Waals surface area contributed by atoms with E-state index in [1.54, 1.807) is 6.20 Å². The third kappa shape index (κ3) is 2.60. The Hall–Kier alpha value is -0.980. The molecule has 20 heavy (non-hydrogen) atoms. The molecule has 1 aromatic heterocycles. The summed E-state index contributed by atoms with van der Waals surface area (Å²) < 4.78 is 1.99. The predicted octanol–water partition coefficient (Wildman–Crippen LogP) is 4.68. The van der Waals surface area contributed by atoms with Crippen LogP contribution in [0.15, 0.2) is 59.2 Å². The first-order chi connectivity index (χ1) is 9.66. The Kier molecular flexibility index (Phi) is 4.05. The molecule has 3 rings (SSSR count). The number of fused-ring (bicyclic) bond motifs is 1. The van der Waals surface area contributed by atoms with E-state index in [-0.39, 0.29) is 0 Å². The molecule has 3 aromatic rings. The van der Waals surface area contributed by atoms with Crippen molar-refractivity contribution in [3.8, 4) is 0 Å². The highest BCUT2D eigenvalue weighted by Gasteiger charge is 2.17. The van der Waals surface area contributed by atoms with Crippen LogP contribution in [0, 0.1) is 3.57 Å². The fourth-order valence-electron chi connectivity index (χ4n) is 2.24. The monoisotopic (exact) mass is 439 g/mol. The van der Waals surface area contributed by atoms with E-state index in [1.165, 1.54) is 0 Å². The van der Waals surface area contributed by atoms with Crippen molar-refractivity contribution in [1.82, 2.24) is 4.98 Å². The fraction of sp³-hybridized carbons (Fsp3) is 0.0625. The van der Waals surface area contributed by atoms with Crippen molar-refractivity contribution in [2.45, 2.75) is 6.10 Å². The minimum Gasteiger partial charge on any atom is -0.384 e. The van der Waals surface area contributed by atoms with Crippen molar-refractivity contribution in [3.63, 3.8) is 0 Å². The molecular formula is C16H11BrINO. The van der Waals surface area contributed by atoms with Crippen LogP contribution in [0.25, 0.3) is 10.9 Å². The molecule has 0 aliphatic rings. The molecule has 2 aromatic carbocycles. The largest absolute Gasteiger partial charge is 0.384 e. The smallest absolute Gasteiger partial charge is 0.107 e. The van der Waals surface area contributed by atoms with Crippen molar-refractivity contribution < 1.29 is 5.11 Å². The zero-order chi connectivity index (χ0) is 14.1. The summed E-state index contributed by atoms with van der Waals surface area (Å²) in [5.74, 6) is 0. The Morgan fingerprint density at radius 1 is 1.05 bits per heavy atom. The fourth-order valence-corrected chi connectivity index (χ4v) is 3.22. The first-order valence-electron chi connectivity index (χ1n) is 6.13. The van der Waals surface area contributed by atoms with E-state index in [2.05, 4.69) is 43.5 Å². The number of halogens is 2. The van der Waals surface area contributed by atoms with Crippen LogP contribution >= 0.6 is 38.5 Å². The lowest BCUT2D eigenvalue weighted by atomic mass is 9.99. The normalized spacial score (nSPS) is 12.6. The molecule has 0 saturated carbocycles. The topological polar surface area (TPSA) is 33.1 Å². The van der Waals surface area contributed by atoms with E-state index in [0.29, 0.717) is 0 Å². The van der Waals surface area contributed by atoms with Gasteiger partial charge in [-0.2, -0.15) is 0 Å². The Morgan fingerprint density at radius 3 is 2.70 bits per heavy atom. The van der Waals surface area contributed by atoms with Gasteiger partial charge in [-0.1, -0.05) is 40.2 Å². The van der Waals surface area contributed by atoms with Crippen molar-refractivity contribution >= 4 is 49.4 Å². The van der Waals surface area contributed by atoms with Crippen LogP contribution in [0.5, 0.6) is 0 Å². The highest BCUT2D eigenvalue weighted by atomic mass is 127. The van der Waals surface area contributed by atoms with Gasteiger partial charge in [0.1, 0.15) is 6.10 Å². The van der Waals surface area contributed by atoms with Gasteiger partial charge in [-0.15, -0.1) is 0 Å². The molecule has 1 unspecified atom stereocenters. The number of hydrogen-bond donors (Lipinski definition) is 1. The summed E-state index contributed by atoms with van der Waals surface area (Å²) in [6.07, 6.45) is 1.06. The Labute approximate surface area is 139 Å². The van der Waals surface area contributed by atoms with E-state index >= 15 is 0 Å². The molecule has 0 radical (unpaired) electrons. The molecular weight excluding hydrogens is 429 g/mol. The Balaban J connectivity index is 2.17. The van der Waals surface area contributed by atoms with Crippen LogP contribution in [0.4, 0.5) is 0 Å². The van der Waals surface area contributed by atoms with Gasteiger partial charge in [0.2, 0.25) is 0 Å². The number of para-hydroxylation sites is 1. The van der Waals surface area contributed by atoms with Gasteiger partial charge in [0.25, 0.3) is 0 Å². The summed E-state index contributed by atoms with van der Waals surface area (Å²) in [6.45, 7) is 0. The first kappa shape index (κ1) is 14.0. The quantitative estimate of drug-likeness (QED) is 0.588. The number of nitrogens with zero attached hydrogens (tertiary/aromatic N) is 1. The highest BCUT2D eigenvalue weighted by Crippen LogP contribution is 2.32. The molecule has 1 heterocycles. The summed E-state index contributed by atoms with van der Waals surface area (Å²) in [5.41, 5.74) is 2.52. The molecule has 4 heteroatoms. The van der Waals surface area contributed by atoms with Gasteiger partial charge in [-0.25, -0.2) is 0 Å². The van der Waals surface area contributed by atoms with Crippen molar-refractivity contribution in [3.05, 3.63) is 73.9 Å². The van der Waals surface area contributed by atoms with Crippen molar-refractivity contribution in [1.29, 1.82) is 0 Å². The Morgan fingerprint density at radius 2 is 1.85 bits per heavy atom. The number of benzene rings is 2. The van der Waals surface area contributed by atoms with Crippen LogP contribution in [-0.2, 0) is 0 Å². The summed E-state index contributed by atoms with van der Waals surface area (Å²) in [4.78, 5) is 4.40. The van der Waals surface area contributed by atoms with Crippen LogP contribution in [0.1, 0.15) is 17.2 Å². The summed E-state index contributed by atoms with van der Waals surface area (Å²) in [7, 11) is 0. The van der Waals surface area contributed by atoms with Crippen LogP contribution in [-0.4, -0.2) is 10.1 Å².